The fourth-order valence-corrected chi connectivity index (χ4v) is 2.70. The second-order valence-corrected chi connectivity index (χ2v) is 5.60. The van der Waals surface area contributed by atoms with E-state index in [0.717, 1.165) is 0 Å². The molecule has 2 aliphatic rings. The monoisotopic (exact) mass is 378 g/mol. The molecule has 5 atom stereocenters. The lowest BCUT2D eigenvalue weighted by Gasteiger charge is -2.40. The van der Waals surface area contributed by atoms with Crippen molar-refractivity contribution in [3.63, 3.8) is 0 Å². The maximum absolute atomic E-state index is 11.6. The third-order valence-corrected chi connectivity index (χ3v) is 3.69. The van der Waals surface area contributed by atoms with Crippen molar-refractivity contribution in [1.29, 1.82) is 0 Å². The standard InChI is InChI=1S/C15H22O11/c1-7(16)21-6-10-11(22-8(2)17)12(23-9(3)18)13-14(24-10)26-15(19-4,20-5)25-13/h10-14H,6H2,1-5H3/t10-,11-,12+,13-,14-/m1/s1. The van der Waals surface area contributed by atoms with Crippen LogP contribution in [0.25, 0.3) is 0 Å². The summed E-state index contributed by atoms with van der Waals surface area (Å²) in [6.07, 6.45) is -7.18. The minimum absolute atomic E-state index is 0.259. The second kappa shape index (κ2) is 8.27. The third kappa shape index (κ3) is 4.48. The molecule has 11 heteroatoms. The van der Waals surface area contributed by atoms with Gasteiger partial charge in [-0.2, -0.15) is 0 Å². The highest BCUT2D eigenvalue weighted by Gasteiger charge is 2.61. The fourth-order valence-electron chi connectivity index (χ4n) is 2.70. The van der Waals surface area contributed by atoms with Crippen LogP contribution in [0.2, 0.25) is 0 Å². The van der Waals surface area contributed by atoms with Gasteiger partial charge in [-0.1, -0.05) is 0 Å². The van der Waals surface area contributed by atoms with E-state index >= 15 is 0 Å². The quantitative estimate of drug-likeness (QED) is 0.336. The normalized spacial score (nSPS) is 32.4. The van der Waals surface area contributed by atoms with Gasteiger partial charge >= 0.3 is 24.1 Å². The third-order valence-electron chi connectivity index (χ3n) is 3.69. The van der Waals surface area contributed by atoms with Crippen LogP contribution in [0.1, 0.15) is 20.8 Å². The molecule has 2 saturated heterocycles. The molecular weight excluding hydrogens is 356 g/mol. The van der Waals surface area contributed by atoms with Gasteiger partial charge < -0.3 is 28.4 Å². The molecule has 0 aromatic rings. The Bertz CT molecular complexity index is 544. The number of methoxy groups -OCH3 is 2. The van der Waals surface area contributed by atoms with Crippen LogP contribution in [0.3, 0.4) is 0 Å². The van der Waals surface area contributed by atoms with E-state index in [1.54, 1.807) is 0 Å². The first-order valence-electron chi connectivity index (χ1n) is 7.80. The van der Waals surface area contributed by atoms with Crippen LogP contribution in [0.15, 0.2) is 0 Å². The molecule has 2 fully saturated rings. The van der Waals surface area contributed by atoms with Gasteiger partial charge in [0.15, 0.2) is 24.6 Å². The maximum atomic E-state index is 11.6. The first kappa shape index (κ1) is 20.5. The highest BCUT2D eigenvalue weighted by molar-refractivity contribution is 5.67. The Kier molecular flexibility index (Phi) is 6.53. The number of carbonyl (C=O) groups excluding carboxylic acids is 3. The Morgan fingerprint density at radius 1 is 0.885 bits per heavy atom. The zero-order valence-corrected chi connectivity index (χ0v) is 15.1. The summed E-state index contributed by atoms with van der Waals surface area (Å²) in [6, 6.07) is 0. The summed E-state index contributed by atoms with van der Waals surface area (Å²) < 4.78 is 42.4. The molecule has 0 N–H and O–H groups in total. The van der Waals surface area contributed by atoms with Crippen LogP contribution in [0.4, 0.5) is 0 Å². The van der Waals surface area contributed by atoms with Gasteiger partial charge in [-0.25, -0.2) is 0 Å². The highest BCUT2D eigenvalue weighted by Crippen LogP contribution is 2.39. The Hall–Kier alpha value is -1.79. The van der Waals surface area contributed by atoms with Crippen molar-refractivity contribution in [3.05, 3.63) is 0 Å². The number of carbonyl (C=O) groups is 3. The van der Waals surface area contributed by atoms with E-state index in [2.05, 4.69) is 0 Å². The lowest BCUT2D eigenvalue weighted by atomic mass is 9.98. The van der Waals surface area contributed by atoms with Crippen molar-refractivity contribution >= 4 is 17.9 Å². The lowest BCUT2D eigenvalue weighted by molar-refractivity contribution is -0.463. The molecule has 0 aromatic heterocycles. The molecule has 0 unspecified atom stereocenters. The summed E-state index contributed by atoms with van der Waals surface area (Å²) >= 11 is 0. The SMILES string of the molecule is COC1(OC)O[C@H]2O[C@H](COC(C)=O)[C@@H](OC(C)=O)[C@H](OC(C)=O)[C@H]2O1. The Morgan fingerprint density at radius 2 is 1.46 bits per heavy atom. The number of rotatable bonds is 6. The van der Waals surface area contributed by atoms with E-state index in [1.165, 1.54) is 35.0 Å². The molecule has 0 aromatic carbocycles. The number of ether oxygens (including phenoxy) is 8. The van der Waals surface area contributed by atoms with Crippen molar-refractivity contribution in [2.24, 2.45) is 0 Å². The zero-order chi connectivity index (χ0) is 19.5. The van der Waals surface area contributed by atoms with Gasteiger partial charge in [-0.05, 0) is 0 Å². The van der Waals surface area contributed by atoms with E-state index in [0.29, 0.717) is 0 Å². The van der Waals surface area contributed by atoms with E-state index in [1.807, 2.05) is 0 Å². The van der Waals surface area contributed by atoms with Gasteiger partial charge in [0.1, 0.15) is 12.7 Å². The first-order chi connectivity index (χ1) is 12.2. The molecule has 0 bridgehead atoms. The molecule has 2 heterocycles. The lowest BCUT2D eigenvalue weighted by Crippen LogP contribution is -2.60. The molecule has 11 nitrogen and oxygen atoms in total. The number of hydrogen-bond donors (Lipinski definition) is 0. The summed E-state index contributed by atoms with van der Waals surface area (Å²) in [6.45, 7) is 3.32. The molecule has 2 rings (SSSR count). The molecule has 0 aliphatic carbocycles. The van der Waals surface area contributed by atoms with Crippen LogP contribution in [0, 0.1) is 0 Å². The molecule has 148 valence electrons. The number of esters is 3. The summed E-state index contributed by atoms with van der Waals surface area (Å²) in [7, 11) is 2.56. The predicted octanol–water partition coefficient (Wildman–Crippen LogP) is -0.543. The van der Waals surface area contributed by atoms with E-state index in [-0.39, 0.29) is 6.61 Å². The van der Waals surface area contributed by atoms with Gasteiger partial charge in [0.2, 0.25) is 0 Å². The zero-order valence-electron chi connectivity index (χ0n) is 15.1. The van der Waals surface area contributed by atoms with E-state index in [4.69, 9.17) is 37.9 Å². The van der Waals surface area contributed by atoms with Gasteiger partial charge in [0.05, 0.1) is 0 Å². The van der Waals surface area contributed by atoms with E-state index < -0.39 is 54.8 Å². The molecule has 0 spiro atoms. The predicted molar refractivity (Wildman–Crippen MR) is 79.1 cm³/mol. The van der Waals surface area contributed by atoms with Crippen molar-refractivity contribution in [2.45, 2.75) is 57.6 Å². The van der Waals surface area contributed by atoms with Crippen LogP contribution in [-0.2, 0) is 52.3 Å². The van der Waals surface area contributed by atoms with E-state index in [9.17, 15) is 14.4 Å². The number of fused-ring (bicyclic) bond motifs is 1. The van der Waals surface area contributed by atoms with Crippen molar-refractivity contribution in [3.8, 4) is 0 Å². The molecule has 0 saturated carbocycles. The Labute approximate surface area is 149 Å². The smallest absolute Gasteiger partial charge is 0.415 e. The average Bonchev–Trinajstić information content (AvgIpc) is 2.94. The maximum Gasteiger partial charge on any atom is 0.415 e. The summed E-state index contributed by atoms with van der Waals surface area (Å²) in [5, 5.41) is 0. The minimum Gasteiger partial charge on any atom is -0.463 e. The van der Waals surface area contributed by atoms with Crippen molar-refractivity contribution in [2.75, 3.05) is 20.8 Å². The molecule has 2 aliphatic heterocycles. The average molecular weight is 378 g/mol. The van der Waals surface area contributed by atoms with Crippen LogP contribution < -0.4 is 0 Å². The summed E-state index contributed by atoms with van der Waals surface area (Å²) in [5.74, 6) is -1.85. The fraction of sp³-hybridized carbons (Fsp3) is 0.800. The van der Waals surface area contributed by atoms with Crippen LogP contribution in [-0.4, -0.2) is 75.6 Å². The Morgan fingerprint density at radius 3 is 1.96 bits per heavy atom. The molecular formula is C15H22O11. The summed E-state index contributed by atoms with van der Waals surface area (Å²) in [4.78, 5) is 34.2. The van der Waals surface area contributed by atoms with Gasteiger partial charge in [0, 0.05) is 35.0 Å². The van der Waals surface area contributed by atoms with Gasteiger partial charge in [-0.3, -0.25) is 23.9 Å². The molecule has 0 amide bonds. The van der Waals surface area contributed by atoms with Crippen molar-refractivity contribution < 1.29 is 52.3 Å². The second-order valence-electron chi connectivity index (χ2n) is 5.60. The molecule has 26 heavy (non-hydrogen) atoms. The molecule has 0 radical (unpaired) electrons. The Balaban J connectivity index is 2.32. The van der Waals surface area contributed by atoms with Crippen molar-refractivity contribution in [1.82, 2.24) is 0 Å². The van der Waals surface area contributed by atoms with Gasteiger partial charge in [0.25, 0.3) is 0 Å². The topological polar surface area (TPSA) is 125 Å². The minimum atomic E-state index is -1.88. The number of hydrogen-bond acceptors (Lipinski definition) is 11. The first-order valence-corrected chi connectivity index (χ1v) is 7.80. The van der Waals surface area contributed by atoms with Crippen LogP contribution >= 0.6 is 0 Å². The largest absolute Gasteiger partial charge is 0.463 e. The van der Waals surface area contributed by atoms with Gasteiger partial charge in [-0.15, -0.1) is 0 Å². The van der Waals surface area contributed by atoms with Crippen LogP contribution in [0.5, 0.6) is 0 Å². The summed E-state index contributed by atoms with van der Waals surface area (Å²) in [5.41, 5.74) is 0. The highest BCUT2D eigenvalue weighted by atomic mass is 17.1.